The van der Waals surface area contributed by atoms with Gasteiger partial charge in [0.2, 0.25) is 0 Å². The van der Waals surface area contributed by atoms with Gasteiger partial charge in [-0.3, -0.25) is 4.79 Å². The second-order valence-electron chi connectivity index (χ2n) is 3.55. The summed E-state index contributed by atoms with van der Waals surface area (Å²) in [6.45, 7) is 3.40. The average molecular weight is 228 g/mol. The van der Waals surface area contributed by atoms with Gasteiger partial charge in [0.1, 0.15) is 18.2 Å². The number of rotatable bonds is 5. The van der Waals surface area contributed by atoms with Crippen molar-refractivity contribution in [3.63, 3.8) is 0 Å². The number of carbonyl (C=O) groups is 1. The van der Waals surface area contributed by atoms with E-state index in [0.717, 1.165) is 18.6 Å². The lowest BCUT2D eigenvalue weighted by Crippen LogP contribution is -2.17. The minimum absolute atomic E-state index is 0.0983. The molecule has 0 aliphatic rings. The van der Waals surface area contributed by atoms with Gasteiger partial charge in [-0.2, -0.15) is 0 Å². The molecule has 0 radical (unpaired) electrons. The zero-order valence-corrected chi connectivity index (χ0v) is 9.30. The Hall–Kier alpha value is -1.29. The van der Waals surface area contributed by atoms with E-state index in [1.165, 1.54) is 6.07 Å². The van der Waals surface area contributed by atoms with Crippen molar-refractivity contribution >= 4 is 5.78 Å². The third kappa shape index (κ3) is 3.10. The zero-order valence-electron chi connectivity index (χ0n) is 9.30. The van der Waals surface area contributed by atoms with Gasteiger partial charge in [-0.05, 0) is 25.5 Å². The number of halogens is 2. The van der Waals surface area contributed by atoms with Crippen LogP contribution in [0.1, 0.15) is 30.6 Å². The fraction of sp³-hybridized carbons (Fsp3) is 0.417. The minimum atomic E-state index is -0.849. The van der Waals surface area contributed by atoms with Crippen LogP contribution in [0.15, 0.2) is 18.2 Å². The van der Waals surface area contributed by atoms with Gasteiger partial charge in [0.05, 0.1) is 11.7 Å². The summed E-state index contributed by atoms with van der Waals surface area (Å²) in [4.78, 5) is 11.5. The topological polar surface area (TPSA) is 26.3 Å². The first-order valence-electron chi connectivity index (χ1n) is 5.15. The van der Waals surface area contributed by atoms with E-state index in [1.54, 1.807) is 6.92 Å². The Morgan fingerprint density at radius 2 is 1.94 bits per heavy atom. The molecule has 1 aromatic rings. The van der Waals surface area contributed by atoms with E-state index in [9.17, 15) is 13.6 Å². The number of hydrogen-bond acceptors (Lipinski definition) is 2. The van der Waals surface area contributed by atoms with Gasteiger partial charge in [-0.1, -0.05) is 13.0 Å². The van der Waals surface area contributed by atoms with Gasteiger partial charge in [0.25, 0.3) is 0 Å². The Bertz CT molecular complexity index is 357. The molecule has 0 N–H and O–H groups in total. The van der Waals surface area contributed by atoms with Crippen molar-refractivity contribution in [1.29, 1.82) is 0 Å². The summed E-state index contributed by atoms with van der Waals surface area (Å²) < 4.78 is 31.5. The standard InChI is InChI=1S/C12H14F2O2/c1-3-8(2)16-7-11(15)12-9(13)5-4-6-10(12)14/h4-6,8H,3,7H2,1-2H3. The molecule has 0 aromatic heterocycles. The Labute approximate surface area is 93.2 Å². The van der Waals surface area contributed by atoms with Crippen molar-refractivity contribution in [3.8, 4) is 0 Å². The highest BCUT2D eigenvalue weighted by atomic mass is 19.1. The van der Waals surface area contributed by atoms with Crippen molar-refractivity contribution in [2.24, 2.45) is 0 Å². The Morgan fingerprint density at radius 3 is 2.44 bits per heavy atom. The molecular weight excluding hydrogens is 214 g/mol. The van der Waals surface area contributed by atoms with Crippen LogP contribution in [-0.4, -0.2) is 18.5 Å². The summed E-state index contributed by atoms with van der Waals surface area (Å²) in [5.74, 6) is -2.37. The molecule has 0 bridgehead atoms. The van der Waals surface area contributed by atoms with Crippen molar-refractivity contribution in [1.82, 2.24) is 0 Å². The first-order chi connectivity index (χ1) is 7.56. The molecule has 0 aliphatic carbocycles. The van der Waals surface area contributed by atoms with E-state index in [-0.39, 0.29) is 12.7 Å². The van der Waals surface area contributed by atoms with Crippen LogP contribution in [0.4, 0.5) is 8.78 Å². The van der Waals surface area contributed by atoms with E-state index in [1.807, 2.05) is 6.92 Å². The number of benzene rings is 1. The predicted octanol–water partition coefficient (Wildman–Crippen LogP) is 2.96. The highest BCUT2D eigenvalue weighted by Crippen LogP contribution is 2.13. The number of ether oxygens (including phenoxy) is 1. The Balaban J connectivity index is 2.73. The van der Waals surface area contributed by atoms with Crippen LogP contribution in [0.2, 0.25) is 0 Å². The van der Waals surface area contributed by atoms with Gasteiger partial charge in [0, 0.05) is 0 Å². The number of hydrogen-bond donors (Lipinski definition) is 0. The molecule has 0 aliphatic heterocycles. The summed E-state index contributed by atoms with van der Waals surface area (Å²) in [7, 11) is 0. The number of carbonyl (C=O) groups excluding carboxylic acids is 1. The van der Waals surface area contributed by atoms with Gasteiger partial charge < -0.3 is 4.74 Å². The smallest absolute Gasteiger partial charge is 0.194 e. The fourth-order valence-corrected chi connectivity index (χ4v) is 1.17. The van der Waals surface area contributed by atoms with E-state index >= 15 is 0 Å². The van der Waals surface area contributed by atoms with Crippen LogP contribution >= 0.6 is 0 Å². The number of ketones is 1. The van der Waals surface area contributed by atoms with Crippen molar-refractivity contribution in [3.05, 3.63) is 35.4 Å². The van der Waals surface area contributed by atoms with Crippen LogP contribution in [0.3, 0.4) is 0 Å². The predicted molar refractivity (Wildman–Crippen MR) is 56.4 cm³/mol. The van der Waals surface area contributed by atoms with Crippen LogP contribution in [-0.2, 0) is 4.74 Å². The molecule has 16 heavy (non-hydrogen) atoms. The molecule has 0 fully saturated rings. The van der Waals surface area contributed by atoms with Crippen LogP contribution < -0.4 is 0 Å². The molecule has 0 heterocycles. The molecule has 1 aromatic carbocycles. The highest BCUT2D eigenvalue weighted by Gasteiger charge is 2.17. The first-order valence-corrected chi connectivity index (χ1v) is 5.15. The molecule has 0 amide bonds. The molecule has 1 unspecified atom stereocenters. The molecule has 0 spiro atoms. The molecule has 0 saturated heterocycles. The lowest BCUT2D eigenvalue weighted by atomic mass is 10.1. The third-order valence-electron chi connectivity index (χ3n) is 2.32. The third-order valence-corrected chi connectivity index (χ3v) is 2.32. The van der Waals surface area contributed by atoms with Gasteiger partial charge in [-0.25, -0.2) is 8.78 Å². The quantitative estimate of drug-likeness (QED) is 0.724. The second-order valence-corrected chi connectivity index (χ2v) is 3.55. The average Bonchev–Trinajstić information content (AvgIpc) is 2.25. The maximum Gasteiger partial charge on any atom is 0.194 e. The Morgan fingerprint density at radius 1 is 1.38 bits per heavy atom. The van der Waals surface area contributed by atoms with Crippen molar-refractivity contribution in [2.75, 3.05) is 6.61 Å². The van der Waals surface area contributed by atoms with Gasteiger partial charge in [0.15, 0.2) is 5.78 Å². The largest absolute Gasteiger partial charge is 0.370 e. The van der Waals surface area contributed by atoms with E-state index in [0.29, 0.717) is 0 Å². The lowest BCUT2D eigenvalue weighted by Gasteiger charge is -2.10. The van der Waals surface area contributed by atoms with Crippen molar-refractivity contribution < 1.29 is 18.3 Å². The van der Waals surface area contributed by atoms with Gasteiger partial charge >= 0.3 is 0 Å². The lowest BCUT2D eigenvalue weighted by molar-refractivity contribution is 0.0505. The molecule has 0 saturated carbocycles. The molecule has 1 atom stereocenters. The van der Waals surface area contributed by atoms with E-state index in [2.05, 4.69) is 0 Å². The Kier molecular flexibility index (Phi) is 4.55. The molecule has 1 rings (SSSR count). The first kappa shape index (κ1) is 12.8. The van der Waals surface area contributed by atoms with Crippen LogP contribution in [0, 0.1) is 11.6 Å². The van der Waals surface area contributed by atoms with Crippen LogP contribution in [0.5, 0.6) is 0 Å². The van der Waals surface area contributed by atoms with Crippen LogP contribution in [0.25, 0.3) is 0 Å². The summed E-state index contributed by atoms with van der Waals surface area (Å²) in [5, 5.41) is 0. The highest BCUT2D eigenvalue weighted by molar-refractivity contribution is 5.97. The fourth-order valence-electron chi connectivity index (χ4n) is 1.17. The van der Waals surface area contributed by atoms with E-state index in [4.69, 9.17) is 4.74 Å². The molecule has 88 valence electrons. The minimum Gasteiger partial charge on any atom is -0.370 e. The zero-order chi connectivity index (χ0) is 12.1. The molecular formula is C12H14F2O2. The molecule has 2 nitrogen and oxygen atoms in total. The summed E-state index contributed by atoms with van der Waals surface area (Å²) in [6.07, 6.45) is 0.645. The SMILES string of the molecule is CCC(C)OCC(=O)c1c(F)cccc1F. The second kappa shape index (κ2) is 5.70. The molecule has 4 heteroatoms. The maximum atomic E-state index is 13.2. The van der Waals surface area contributed by atoms with Gasteiger partial charge in [-0.15, -0.1) is 0 Å². The van der Waals surface area contributed by atoms with E-state index < -0.39 is 23.0 Å². The summed E-state index contributed by atoms with van der Waals surface area (Å²) in [6, 6.07) is 3.33. The normalized spacial score (nSPS) is 12.5. The summed E-state index contributed by atoms with van der Waals surface area (Å²) in [5.41, 5.74) is -0.522. The number of Topliss-reactive ketones (excluding diaryl/α,β-unsaturated/α-hetero) is 1. The summed E-state index contributed by atoms with van der Waals surface area (Å²) >= 11 is 0. The monoisotopic (exact) mass is 228 g/mol. The maximum absolute atomic E-state index is 13.2. The van der Waals surface area contributed by atoms with Crippen molar-refractivity contribution in [2.45, 2.75) is 26.4 Å².